The molecular weight excluding hydrogens is 174 g/mol. The minimum atomic E-state index is 0.696. The van der Waals surface area contributed by atoms with E-state index in [0.717, 1.165) is 5.76 Å². The average molecular weight is 185 g/mol. The molecule has 0 aliphatic carbocycles. The van der Waals surface area contributed by atoms with Crippen molar-refractivity contribution in [1.29, 1.82) is 0 Å². The maximum absolute atomic E-state index is 5.12. The summed E-state index contributed by atoms with van der Waals surface area (Å²) in [6, 6.07) is 13.9. The Hall–Kier alpha value is -1.83. The van der Waals surface area contributed by atoms with Crippen molar-refractivity contribution in [2.24, 2.45) is 4.99 Å². The third-order valence-electron chi connectivity index (χ3n) is 1.88. The zero-order chi connectivity index (χ0) is 9.64. The third-order valence-corrected chi connectivity index (χ3v) is 1.88. The van der Waals surface area contributed by atoms with E-state index < -0.39 is 0 Å². The van der Waals surface area contributed by atoms with Gasteiger partial charge in [0.2, 0.25) is 0 Å². The molecule has 0 unspecified atom stereocenters. The first-order valence-electron chi connectivity index (χ1n) is 4.52. The van der Waals surface area contributed by atoms with Gasteiger partial charge in [0.1, 0.15) is 5.76 Å². The summed E-state index contributed by atoms with van der Waals surface area (Å²) >= 11 is 0. The van der Waals surface area contributed by atoms with E-state index >= 15 is 0 Å². The maximum Gasteiger partial charge on any atom is 0.144 e. The van der Waals surface area contributed by atoms with Crippen LogP contribution in [0.1, 0.15) is 11.3 Å². The van der Waals surface area contributed by atoms with Crippen molar-refractivity contribution in [3.05, 3.63) is 60.1 Å². The van der Waals surface area contributed by atoms with E-state index in [1.165, 1.54) is 5.56 Å². The molecule has 1 aromatic carbocycles. The smallest absolute Gasteiger partial charge is 0.144 e. The molecule has 2 rings (SSSR count). The van der Waals surface area contributed by atoms with Gasteiger partial charge in [-0.25, -0.2) is 0 Å². The third kappa shape index (κ3) is 2.33. The Labute approximate surface area is 82.9 Å². The highest BCUT2D eigenvalue weighted by molar-refractivity contribution is 5.75. The van der Waals surface area contributed by atoms with Crippen LogP contribution >= 0.6 is 0 Å². The second-order valence-electron chi connectivity index (χ2n) is 2.97. The number of aliphatic imine (C=N–C) groups is 1. The van der Waals surface area contributed by atoms with E-state index in [1.807, 2.05) is 30.3 Å². The second-order valence-corrected chi connectivity index (χ2v) is 2.97. The molecule has 0 aliphatic rings. The minimum Gasteiger partial charge on any atom is -0.463 e. The number of furan rings is 1. The number of nitrogens with zero attached hydrogens (tertiary/aromatic N) is 1. The van der Waals surface area contributed by atoms with Gasteiger partial charge in [0.15, 0.2) is 0 Å². The number of hydrogen-bond acceptors (Lipinski definition) is 2. The van der Waals surface area contributed by atoms with Gasteiger partial charge in [-0.3, -0.25) is 4.99 Å². The second kappa shape index (κ2) is 4.42. The van der Waals surface area contributed by atoms with Crippen molar-refractivity contribution in [2.75, 3.05) is 0 Å². The van der Waals surface area contributed by atoms with Gasteiger partial charge in [-0.1, -0.05) is 30.3 Å². The first-order valence-corrected chi connectivity index (χ1v) is 4.52. The summed E-state index contributed by atoms with van der Waals surface area (Å²) in [6.07, 6.45) is 3.39. The Morgan fingerprint density at radius 3 is 2.64 bits per heavy atom. The van der Waals surface area contributed by atoms with Crippen molar-refractivity contribution < 1.29 is 4.42 Å². The van der Waals surface area contributed by atoms with E-state index in [9.17, 15) is 0 Å². The number of hydrogen-bond donors (Lipinski definition) is 0. The molecule has 0 atom stereocenters. The van der Waals surface area contributed by atoms with Crippen LogP contribution in [0.5, 0.6) is 0 Å². The Morgan fingerprint density at radius 1 is 1.07 bits per heavy atom. The molecule has 1 heterocycles. The molecule has 0 bridgehead atoms. The summed E-state index contributed by atoms with van der Waals surface area (Å²) in [6.45, 7) is 0.696. The van der Waals surface area contributed by atoms with Gasteiger partial charge < -0.3 is 4.42 Å². The van der Waals surface area contributed by atoms with Crippen LogP contribution in [0.25, 0.3) is 0 Å². The first-order chi connectivity index (χ1) is 6.95. The monoisotopic (exact) mass is 185 g/mol. The SMILES string of the molecule is C(=NCc1ccccc1)c1ccco1. The lowest BCUT2D eigenvalue weighted by Crippen LogP contribution is -1.81. The molecule has 14 heavy (non-hydrogen) atoms. The van der Waals surface area contributed by atoms with E-state index in [-0.39, 0.29) is 0 Å². The molecular formula is C12H11NO. The number of rotatable bonds is 3. The summed E-state index contributed by atoms with van der Waals surface area (Å²) in [7, 11) is 0. The largest absolute Gasteiger partial charge is 0.463 e. The highest BCUT2D eigenvalue weighted by Crippen LogP contribution is 2.01. The zero-order valence-electron chi connectivity index (χ0n) is 7.76. The van der Waals surface area contributed by atoms with Crippen molar-refractivity contribution in [2.45, 2.75) is 6.54 Å². The molecule has 0 saturated heterocycles. The van der Waals surface area contributed by atoms with Crippen molar-refractivity contribution >= 4 is 6.21 Å². The van der Waals surface area contributed by atoms with Gasteiger partial charge in [0.25, 0.3) is 0 Å². The molecule has 0 N–H and O–H groups in total. The quantitative estimate of drug-likeness (QED) is 0.675. The van der Waals surface area contributed by atoms with Crippen LogP contribution in [0.4, 0.5) is 0 Å². The maximum atomic E-state index is 5.12. The molecule has 0 amide bonds. The van der Waals surface area contributed by atoms with E-state index in [2.05, 4.69) is 17.1 Å². The molecule has 0 radical (unpaired) electrons. The summed E-state index contributed by atoms with van der Waals surface area (Å²) < 4.78 is 5.12. The topological polar surface area (TPSA) is 25.5 Å². The fourth-order valence-electron chi connectivity index (χ4n) is 1.19. The Bertz CT molecular complexity index is 390. The predicted octanol–water partition coefficient (Wildman–Crippen LogP) is 2.90. The Balaban J connectivity index is 1.95. The van der Waals surface area contributed by atoms with Crippen molar-refractivity contribution in [1.82, 2.24) is 0 Å². The summed E-state index contributed by atoms with van der Waals surface area (Å²) in [5, 5.41) is 0. The van der Waals surface area contributed by atoms with Crippen LogP contribution in [0, 0.1) is 0 Å². The van der Waals surface area contributed by atoms with Crippen LogP contribution in [0.15, 0.2) is 58.1 Å². The molecule has 70 valence electrons. The van der Waals surface area contributed by atoms with Crippen LogP contribution in [0.3, 0.4) is 0 Å². The highest BCUT2D eigenvalue weighted by Gasteiger charge is 1.89. The van der Waals surface area contributed by atoms with Crippen LogP contribution in [-0.4, -0.2) is 6.21 Å². The lowest BCUT2D eigenvalue weighted by atomic mass is 10.2. The molecule has 2 aromatic rings. The van der Waals surface area contributed by atoms with Crippen molar-refractivity contribution in [3.63, 3.8) is 0 Å². The fraction of sp³-hybridized carbons (Fsp3) is 0.0833. The molecule has 0 aliphatic heterocycles. The molecule has 2 nitrogen and oxygen atoms in total. The zero-order valence-corrected chi connectivity index (χ0v) is 7.76. The van der Waals surface area contributed by atoms with E-state index in [0.29, 0.717) is 6.54 Å². The average Bonchev–Trinajstić information content (AvgIpc) is 2.72. The van der Waals surface area contributed by atoms with Gasteiger partial charge >= 0.3 is 0 Å². The fourth-order valence-corrected chi connectivity index (χ4v) is 1.19. The first kappa shape index (κ1) is 8.75. The van der Waals surface area contributed by atoms with Gasteiger partial charge in [0.05, 0.1) is 19.0 Å². The van der Waals surface area contributed by atoms with Gasteiger partial charge in [-0.15, -0.1) is 0 Å². The standard InChI is InChI=1S/C12H11NO/c1-2-5-11(6-3-1)9-13-10-12-7-4-8-14-12/h1-8,10H,9H2. The van der Waals surface area contributed by atoms with Crippen LogP contribution in [-0.2, 0) is 6.54 Å². The lowest BCUT2D eigenvalue weighted by Gasteiger charge is -1.93. The van der Waals surface area contributed by atoms with E-state index in [1.54, 1.807) is 12.5 Å². The Morgan fingerprint density at radius 2 is 1.93 bits per heavy atom. The molecule has 0 fully saturated rings. The van der Waals surface area contributed by atoms with E-state index in [4.69, 9.17) is 4.42 Å². The normalized spacial score (nSPS) is 10.9. The molecule has 2 heteroatoms. The lowest BCUT2D eigenvalue weighted by molar-refractivity contribution is 0.560. The minimum absolute atomic E-state index is 0.696. The van der Waals surface area contributed by atoms with Crippen LogP contribution in [0.2, 0.25) is 0 Å². The molecule has 0 spiro atoms. The van der Waals surface area contributed by atoms with Gasteiger partial charge in [0, 0.05) is 0 Å². The summed E-state index contributed by atoms with van der Waals surface area (Å²) in [4.78, 5) is 4.27. The van der Waals surface area contributed by atoms with Gasteiger partial charge in [-0.05, 0) is 17.7 Å². The molecule has 1 aromatic heterocycles. The molecule has 0 saturated carbocycles. The van der Waals surface area contributed by atoms with Gasteiger partial charge in [-0.2, -0.15) is 0 Å². The van der Waals surface area contributed by atoms with Crippen LogP contribution < -0.4 is 0 Å². The predicted molar refractivity (Wildman–Crippen MR) is 56.4 cm³/mol. The highest BCUT2D eigenvalue weighted by atomic mass is 16.3. The Kier molecular flexibility index (Phi) is 2.76. The summed E-state index contributed by atoms with van der Waals surface area (Å²) in [5.74, 6) is 0.793. The van der Waals surface area contributed by atoms with Crippen molar-refractivity contribution in [3.8, 4) is 0 Å². The summed E-state index contributed by atoms with van der Waals surface area (Å²) in [5.41, 5.74) is 1.20. The number of benzene rings is 1.